The monoisotopic (exact) mass is 405 g/mol. The van der Waals surface area contributed by atoms with E-state index in [2.05, 4.69) is 41.9 Å². The summed E-state index contributed by atoms with van der Waals surface area (Å²) in [4.78, 5) is 0. The zero-order chi connectivity index (χ0) is 17.4. The molecule has 2 aromatic heterocycles. The fourth-order valence-corrected chi connectivity index (χ4v) is 2.86. The van der Waals surface area contributed by atoms with Crippen LogP contribution in [-0.2, 0) is 6.54 Å². The predicted molar refractivity (Wildman–Crippen MR) is 90.8 cm³/mol. The Labute approximate surface area is 148 Å². The Bertz CT molecular complexity index is 1030. The quantitative estimate of drug-likeness (QED) is 0.495. The molecular weight excluding hydrogens is 396 g/mol. The van der Waals surface area contributed by atoms with Gasteiger partial charge in [0.05, 0.1) is 4.47 Å². The van der Waals surface area contributed by atoms with E-state index < -0.39 is 11.6 Å². The largest absolute Gasteiger partial charge is 0.453 e. The third-order valence-corrected chi connectivity index (χ3v) is 4.21. The molecule has 0 amide bonds. The number of aromatic nitrogens is 4. The van der Waals surface area contributed by atoms with Crippen molar-refractivity contribution >= 4 is 32.6 Å². The molecule has 4 rings (SSSR count). The standard InChI is InChI=1S/C16H10BrF2N5O/c17-11-5-10(6-12(18)15(11)19)20-7-8-1-2-9-4-14(25-13(9)3-8)16-21-23-24-22-16/h1-6,20H,7H2,(H,21,22,23,24). The van der Waals surface area contributed by atoms with E-state index in [1.165, 1.54) is 6.07 Å². The van der Waals surface area contributed by atoms with Crippen molar-refractivity contribution in [3.05, 3.63) is 58.1 Å². The Morgan fingerprint density at radius 3 is 2.80 bits per heavy atom. The van der Waals surface area contributed by atoms with Crippen molar-refractivity contribution in [3.63, 3.8) is 0 Å². The van der Waals surface area contributed by atoms with Gasteiger partial charge in [0.25, 0.3) is 0 Å². The van der Waals surface area contributed by atoms with Crippen LogP contribution < -0.4 is 5.32 Å². The van der Waals surface area contributed by atoms with Crippen LogP contribution in [0.25, 0.3) is 22.6 Å². The first-order valence-corrected chi connectivity index (χ1v) is 8.04. The van der Waals surface area contributed by atoms with Crippen LogP contribution >= 0.6 is 15.9 Å². The summed E-state index contributed by atoms with van der Waals surface area (Å²) in [5.74, 6) is -0.930. The molecule has 0 aliphatic heterocycles. The van der Waals surface area contributed by atoms with Crippen molar-refractivity contribution in [1.82, 2.24) is 20.6 Å². The highest BCUT2D eigenvalue weighted by Crippen LogP contribution is 2.27. The van der Waals surface area contributed by atoms with Crippen molar-refractivity contribution in [2.24, 2.45) is 0 Å². The third kappa shape index (κ3) is 3.10. The number of aromatic amines is 1. The number of nitrogens with one attached hydrogen (secondary N) is 2. The lowest BCUT2D eigenvalue weighted by Gasteiger charge is -2.08. The van der Waals surface area contributed by atoms with Gasteiger partial charge in [-0.05, 0) is 44.9 Å². The molecule has 0 aliphatic rings. The summed E-state index contributed by atoms with van der Waals surface area (Å²) in [5, 5.41) is 17.6. The van der Waals surface area contributed by atoms with Crippen molar-refractivity contribution in [2.45, 2.75) is 6.54 Å². The summed E-state index contributed by atoms with van der Waals surface area (Å²) in [6.07, 6.45) is 0. The highest BCUT2D eigenvalue weighted by Gasteiger charge is 2.11. The molecule has 9 heteroatoms. The lowest BCUT2D eigenvalue weighted by atomic mass is 10.1. The molecule has 0 spiro atoms. The molecule has 4 aromatic rings. The maximum atomic E-state index is 13.4. The van der Waals surface area contributed by atoms with Crippen molar-refractivity contribution in [2.75, 3.05) is 5.32 Å². The van der Waals surface area contributed by atoms with Gasteiger partial charge >= 0.3 is 0 Å². The predicted octanol–water partition coefficient (Wildman–Crippen LogP) is 4.27. The fourth-order valence-electron chi connectivity index (χ4n) is 2.42. The maximum Gasteiger partial charge on any atom is 0.239 e. The van der Waals surface area contributed by atoms with Crippen LogP contribution in [0.1, 0.15) is 5.56 Å². The molecule has 126 valence electrons. The zero-order valence-electron chi connectivity index (χ0n) is 12.6. The van der Waals surface area contributed by atoms with Crippen LogP contribution in [0, 0.1) is 11.6 Å². The van der Waals surface area contributed by atoms with Crippen LogP contribution in [0.4, 0.5) is 14.5 Å². The van der Waals surface area contributed by atoms with E-state index in [0.29, 0.717) is 29.4 Å². The number of benzene rings is 2. The Kier molecular flexibility index (Phi) is 3.92. The summed E-state index contributed by atoms with van der Waals surface area (Å²) in [6, 6.07) is 10.1. The molecule has 0 saturated heterocycles. The minimum absolute atomic E-state index is 0.0706. The molecule has 6 nitrogen and oxygen atoms in total. The molecule has 0 aliphatic carbocycles. The number of furan rings is 1. The molecule has 2 N–H and O–H groups in total. The molecule has 0 fully saturated rings. The van der Waals surface area contributed by atoms with E-state index >= 15 is 0 Å². The number of hydrogen-bond donors (Lipinski definition) is 2. The summed E-state index contributed by atoms with van der Waals surface area (Å²) < 4.78 is 32.5. The van der Waals surface area contributed by atoms with Gasteiger partial charge in [0, 0.05) is 23.7 Å². The minimum Gasteiger partial charge on any atom is -0.453 e. The number of halogens is 3. The summed E-state index contributed by atoms with van der Waals surface area (Å²) in [5.41, 5.74) is 2.06. The molecule has 2 heterocycles. The topological polar surface area (TPSA) is 79.6 Å². The van der Waals surface area contributed by atoms with Gasteiger partial charge in [-0.1, -0.05) is 12.1 Å². The lowest BCUT2D eigenvalue weighted by Crippen LogP contribution is -2.00. The van der Waals surface area contributed by atoms with E-state index in [0.717, 1.165) is 17.0 Å². The first-order valence-electron chi connectivity index (χ1n) is 7.25. The van der Waals surface area contributed by atoms with Crippen molar-refractivity contribution in [3.8, 4) is 11.6 Å². The average molecular weight is 406 g/mol. The molecule has 0 saturated carbocycles. The Morgan fingerprint density at radius 1 is 1.16 bits per heavy atom. The van der Waals surface area contributed by atoms with E-state index in [-0.39, 0.29) is 4.47 Å². The van der Waals surface area contributed by atoms with E-state index in [1.807, 2.05) is 24.3 Å². The molecule has 0 atom stereocenters. The van der Waals surface area contributed by atoms with Crippen molar-refractivity contribution < 1.29 is 13.2 Å². The van der Waals surface area contributed by atoms with E-state index in [9.17, 15) is 8.78 Å². The second kappa shape index (κ2) is 6.25. The van der Waals surface area contributed by atoms with Crippen LogP contribution in [0.2, 0.25) is 0 Å². The number of tetrazole rings is 1. The van der Waals surface area contributed by atoms with Crippen LogP contribution in [0.3, 0.4) is 0 Å². The van der Waals surface area contributed by atoms with Gasteiger partial charge in [-0.15, -0.1) is 10.2 Å². The fraction of sp³-hybridized carbons (Fsp3) is 0.0625. The van der Waals surface area contributed by atoms with Gasteiger partial charge in [0.1, 0.15) is 5.58 Å². The zero-order valence-corrected chi connectivity index (χ0v) is 14.1. The van der Waals surface area contributed by atoms with Crippen LogP contribution in [-0.4, -0.2) is 20.6 Å². The minimum atomic E-state index is -0.914. The third-order valence-electron chi connectivity index (χ3n) is 3.63. The second-order valence-corrected chi connectivity index (χ2v) is 6.18. The number of rotatable bonds is 4. The molecule has 0 unspecified atom stereocenters. The number of hydrogen-bond acceptors (Lipinski definition) is 5. The highest BCUT2D eigenvalue weighted by atomic mass is 79.9. The number of anilines is 1. The van der Waals surface area contributed by atoms with Crippen LogP contribution in [0.5, 0.6) is 0 Å². The van der Waals surface area contributed by atoms with Crippen LogP contribution in [0.15, 0.2) is 45.3 Å². The van der Waals surface area contributed by atoms with E-state index in [4.69, 9.17) is 4.42 Å². The summed E-state index contributed by atoms with van der Waals surface area (Å²) in [7, 11) is 0. The van der Waals surface area contributed by atoms with Gasteiger partial charge < -0.3 is 9.73 Å². The van der Waals surface area contributed by atoms with Gasteiger partial charge in [-0.3, -0.25) is 0 Å². The Morgan fingerprint density at radius 2 is 2.04 bits per heavy atom. The molecule has 0 bridgehead atoms. The second-order valence-electron chi connectivity index (χ2n) is 5.33. The molecular formula is C16H10BrF2N5O. The van der Waals surface area contributed by atoms with Gasteiger partial charge in [-0.25, -0.2) is 8.78 Å². The summed E-state index contributed by atoms with van der Waals surface area (Å²) >= 11 is 2.99. The molecule has 2 aromatic carbocycles. The van der Waals surface area contributed by atoms with Gasteiger partial charge in [0.2, 0.25) is 5.82 Å². The first kappa shape index (κ1) is 15.7. The first-order chi connectivity index (χ1) is 12.1. The normalized spacial score (nSPS) is 11.2. The SMILES string of the molecule is Fc1cc(NCc2ccc3cc(-c4nn[nH]n4)oc3c2)cc(Br)c1F. The lowest BCUT2D eigenvalue weighted by molar-refractivity contribution is 0.504. The number of H-pyrrole nitrogens is 1. The number of fused-ring (bicyclic) bond motifs is 1. The molecule has 0 radical (unpaired) electrons. The highest BCUT2D eigenvalue weighted by molar-refractivity contribution is 9.10. The number of nitrogens with zero attached hydrogens (tertiary/aromatic N) is 3. The van der Waals surface area contributed by atoms with E-state index in [1.54, 1.807) is 0 Å². The van der Waals surface area contributed by atoms with Gasteiger partial charge in [-0.2, -0.15) is 5.21 Å². The van der Waals surface area contributed by atoms with Gasteiger partial charge in [0.15, 0.2) is 17.4 Å². The summed E-state index contributed by atoms with van der Waals surface area (Å²) in [6.45, 7) is 0.422. The average Bonchev–Trinajstić information content (AvgIpc) is 3.26. The smallest absolute Gasteiger partial charge is 0.239 e. The Balaban J connectivity index is 1.56. The Hall–Kier alpha value is -2.81. The maximum absolute atomic E-state index is 13.4. The molecule has 25 heavy (non-hydrogen) atoms. The van der Waals surface area contributed by atoms with Crippen molar-refractivity contribution in [1.29, 1.82) is 0 Å².